The number of nitrogens with one attached hydrogen (secondary N) is 1. The molecule has 0 saturated heterocycles. The Kier molecular flexibility index (Phi) is 8.16. The first-order valence-electron chi connectivity index (χ1n) is 11.6. The summed E-state index contributed by atoms with van der Waals surface area (Å²) in [7, 11) is 1.64. The number of carbonyl (C=O) groups is 1. The van der Waals surface area contributed by atoms with Crippen LogP contribution < -0.4 is 10.1 Å². The molecule has 1 N–H and O–H groups in total. The van der Waals surface area contributed by atoms with Crippen LogP contribution in [0.5, 0.6) is 5.75 Å². The van der Waals surface area contributed by atoms with Gasteiger partial charge in [-0.05, 0) is 52.9 Å². The molecule has 0 atom stereocenters. The molecule has 0 saturated carbocycles. The molecule has 0 fully saturated rings. The Morgan fingerprint density at radius 2 is 1.69 bits per heavy atom. The van der Waals surface area contributed by atoms with Crippen molar-refractivity contribution >= 4 is 33.6 Å². The minimum atomic E-state index is -0.158. The Morgan fingerprint density at radius 3 is 2.36 bits per heavy atom. The van der Waals surface area contributed by atoms with E-state index in [0.717, 1.165) is 21.1 Å². The number of halogens is 1. The standard InChI is InChI=1S/C28H29BrN4O2S/c1-28(2,3)21-13-11-20(12-14-21)26(34)30-17-25-31-32-27(36-18-19-9-15-22(29)16-10-19)33(25)23-7-5-6-8-24(23)35-4/h5-16H,17-18H2,1-4H3,(H,30,34). The van der Waals surface area contributed by atoms with Gasteiger partial charge in [-0.25, -0.2) is 0 Å². The number of thioether (sulfide) groups is 1. The third-order valence-electron chi connectivity index (χ3n) is 5.73. The highest BCUT2D eigenvalue weighted by Gasteiger charge is 2.19. The van der Waals surface area contributed by atoms with Crippen LogP contribution in [0.4, 0.5) is 0 Å². The topological polar surface area (TPSA) is 69.0 Å². The van der Waals surface area contributed by atoms with Gasteiger partial charge in [0, 0.05) is 15.8 Å². The molecule has 4 rings (SSSR count). The lowest BCUT2D eigenvalue weighted by Gasteiger charge is -2.19. The third kappa shape index (κ3) is 6.17. The molecule has 0 radical (unpaired) electrons. The number of ether oxygens (including phenoxy) is 1. The number of amides is 1. The number of aromatic nitrogens is 3. The van der Waals surface area contributed by atoms with E-state index >= 15 is 0 Å². The summed E-state index contributed by atoms with van der Waals surface area (Å²) in [6.07, 6.45) is 0. The molecule has 0 bridgehead atoms. The van der Waals surface area contributed by atoms with E-state index in [1.165, 1.54) is 11.1 Å². The van der Waals surface area contributed by atoms with Gasteiger partial charge in [-0.3, -0.25) is 9.36 Å². The lowest BCUT2D eigenvalue weighted by atomic mass is 9.87. The quantitative estimate of drug-likeness (QED) is 0.245. The molecule has 0 unspecified atom stereocenters. The van der Waals surface area contributed by atoms with Crippen molar-refractivity contribution < 1.29 is 9.53 Å². The van der Waals surface area contributed by atoms with Crippen molar-refractivity contribution in [3.63, 3.8) is 0 Å². The van der Waals surface area contributed by atoms with Crippen molar-refractivity contribution in [2.24, 2.45) is 0 Å². The van der Waals surface area contributed by atoms with Gasteiger partial charge >= 0.3 is 0 Å². The molecule has 1 heterocycles. The summed E-state index contributed by atoms with van der Waals surface area (Å²) in [5.41, 5.74) is 3.82. The van der Waals surface area contributed by atoms with E-state index < -0.39 is 0 Å². The zero-order valence-electron chi connectivity index (χ0n) is 20.8. The van der Waals surface area contributed by atoms with Gasteiger partial charge in [0.25, 0.3) is 5.91 Å². The SMILES string of the molecule is COc1ccccc1-n1c(CNC(=O)c2ccc(C(C)(C)C)cc2)nnc1SCc1ccc(Br)cc1. The average molecular weight is 566 g/mol. The second kappa shape index (κ2) is 11.3. The van der Waals surface area contributed by atoms with Gasteiger partial charge < -0.3 is 10.1 Å². The van der Waals surface area contributed by atoms with Crippen molar-refractivity contribution in [1.29, 1.82) is 0 Å². The maximum atomic E-state index is 12.9. The van der Waals surface area contributed by atoms with Gasteiger partial charge in [-0.2, -0.15) is 0 Å². The first kappa shape index (κ1) is 26.0. The van der Waals surface area contributed by atoms with E-state index in [4.69, 9.17) is 4.74 Å². The molecular weight excluding hydrogens is 536 g/mol. The zero-order chi connectivity index (χ0) is 25.7. The Balaban J connectivity index is 1.57. The summed E-state index contributed by atoms with van der Waals surface area (Å²) in [6.45, 7) is 6.68. The molecule has 0 spiro atoms. The van der Waals surface area contributed by atoms with Gasteiger partial charge in [-0.1, -0.05) is 84.9 Å². The number of rotatable bonds is 8. The molecule has 0 aliphatic heterocycles. The maximum Gasteiger partial charge on any atom is 0.251 e. The molecule has 0 aliphatic rings. The van der Waals surface area contributed by atoms with E-state index in [0.29, 0.717) is 17.1 Å². The lowest BCUT2D eigenvalue weighted by molar-refractivity contribution is 0.0949. The highest BCUT2D eigenvalue weighted by atomic mass is 79.9. The van der Waals surface area contributed by atoms with Gasteiger partial charge in [0.1, 0.15) is 5.75 Å². The van der Waals surface area contributed by atoms with Crippen LogP contribution in [0, 0.1) is 0 Å². The largest absolute Gasteiger partial charge is 0.495 e. The fourth-order valence-corrected chi connectivity index (χ4v) is 4.86. The van der Waals surface area contributed by atoms with Crippen LogP contribution in [0.15, 0.2) is 82.4 Å². The second-order valence-corrected chi connectivity index (χ2v) is 11.2. The number of benzene rings is 3. The summed E-state index contributed by atoms with van der Waals surface area (Å²) in [5, 5.41) is 12.6. The zero-order valence-corrected chi connectivity index (χ0v) is 23.2. The van der Waals surface area contributed by atoms with Crippen LogP contribution >= 0.6 is 27.7 Å². The summed E-state index contributed by atoms with van der Waals surface area (Å²) in [6, 6.07) is 23.7. The van der Waals surface area contributed by atoms with E-state index in [9.17, 15) is 4.79 Å². The molecule has 186 valence electrons. The predicted octanol–water partition coefficient (Wildman–Crippen LogP) is 6.56. The fourth-order valence-electron chi connectivity index (χ4n) is 3.68. The van der Waals surface area contributed by atoms with Crippen LogP contribution in [-0.2, 0) is 17.7 Å². The molecule has 1 amide bonds. The van der Waals surface area contributed by atoms with Crippen molar-refractivity contribution in [1.82, 2.24) is 20.1 Å². The van der Waals surface area contributed by atoms with E-state index in [1.807, 2.05) is 65.2 Å². The molecule has 3 aromatic carbocycles. The number of para-hydroxylation sites is 2. The second-order valence-electron chi connectivity index (χ2n) is 9.33. The van der Waals surface area contributed by atoms with Gasteiger partial charge in [-0.15, -0.1) is 10.2 Å². The lowest BCUT2D eigenvalue weighted by Crippen LogP contribution is -2.25. The summed E-state index contributed by atoms with van der Waals surface area (Å²) >= 11 is 5.06. The number of nitrogens with zero attached hydrogens (tertiary/aromatic N) is 3. The number of hydrogen-bond acceptors (Lipinski definition) is 5. The first-order valence-corrected chi connectivity index (χ1v) is 13.4. The smallest absolute Gasteiger partial charge is 0.251 e. The minimum Gasteiger partial charge on any atom is -0.495 e. The normalized spacial score (nSPS) is 11.4. The molecule has 8 heteroatoms. The predicted molar refractivity (Wildman–Crippen MR) is 148 cm³/mol. The maximum absolute atomic E-state index is 12.9. The number of methoxy groups -OCH3 is 1. The Bertz CT molecular complexity index is 1330. The first-order chi connectivity index (χ1) is 17.3. The van der Waals surface area contributed by atoms with Gasteiger partial charge in [0.15, 0.2) is 11.0 Å². The molecule has 1 aromatic heterocycles. The highest BCUT2D eigenvalue weighted by molar-refractivity contribution is 9.10. The summed E-state index contributed by atoms with van der Waals surface area (Å²) < 4.78 is 8.60. The molecule has 0 aliphatic carbocycles. The van der Waals surface area contributed by atoms with Crippen LogP contribution in [0.3, 0.4) is 0 Å². The summed E-state index contributed by atoms with van der Waals surface area (Å²) in [5.74, 6) is 1.90. The molecule has 36 heavy (non-hydrogen) atoms. The third-order valence-corrected chi connectivity index (χ3v) is 7.26. The van der Waals surface area contributed by atoms with E-state index in [1.54, 1.807) is 18.9 Å². The van der Waals surface area contributed by atoms with Gasteiger partial charge in [0.05, 0.1) is 19.3 Å². The van der Waals surface area contributed by atoms with Crippen LogP contribution in [0.25, 0.3) is 5.69 Å². The van der Waals surface area contributed by atoms with Crippen molar-refractivity contribution in [3.05, 3.63) is 99.8 Å². The molecule has 6 nitrogen and oxygen atoms in total. The summed E-state index contributed by atoms with van der Waals surface area (Å²) in [4.78, 5) is 12.9. The van der Waals surface area contributed by atoms with Crippen molar-refractivity contribution in [2.45, 2.75) is 43.6 Å². The Labute approximate surface area is 224 Å². The molecule has 4 aromatic rings. The Hall–Kier alpha value is -3.10. The minimum absolute atomic E-state index is 0.0322. The van der Waals surface area contributed by atoms with Crippen molar-refractivity contribution in [2.75, 3.05) is 7.11 Å². The van der Waals surface area contributed by atoms with E-state index in [-0.39, 0.29) is 17.9 Å². The Morgan fingerprint density at radius 1 is 1.00 bits per heavy atom. The number of hydrogen-bond donors (Lipinski definition) is 1. The highest BCUT2D eigenvalue weighted by Crippen LogP contribution is 2.30. The number of carbonyl (C=O) groups excluding carboxylic acids is 1. The van der Waals surface area contributed by atoms with Crippen molar-refractivity contribution in [3.8, 4) is 11.4 Å². The van der Waals surface area contributed by atoms with E-state index in [2.05, 4.69) is 64.3 Å². The van der Waals surface area contributed by atoms with Crippen LogP contribution in [-0.4, -0.2) is 27.8 Å². The van der Waals surface area contributed by atoms with Crippen LogP contribution in [0.2, 0.25) is 0 Å². The average Bonchev–Trinajstić information content (AvgIpc) is 3.29. The molecular formula is C28H29BrN4O2S. The van der Waals surface area contributed by atoms with Gasteiger partial charge in [0.2, 0.25) is 0 Å². The van der Waals surface area contributed by atoms with Crippen LogP contribution in [0.1, 0.15) is 48.1 Å². The fraction of sp³-hybridized carbons (Fsp3) is 0.250. The monoisotopic (exact) mass is 564 g/mol.